The Morgan fingerprint density at radius 2 is 2.16 bits per heavy atom. The molecule has 0 amide bonds. The van der Waals surface area contributed by atoms with Crippen molar-refractivity contribution in [1.82, 2.24) is 4.90 Å². The lowest BCUT2D eigenvalue weighted by molar-refractivity contribution is 0.217. The quantitative estimate of drug-likeness (QED) is 0.901. The molecule has 1 aliphatic heterocycles. The molecule has 19 heavy (non-hydrogen) atoms. The zero-order chi connectivity index (χ0) is 14.0. The maximum Gasteiger partial charge on any atom is 0.153 e. The molecule has 0 aliphatic carbocycles. The van der Waals surface area contributed by atoms with E-state index in [-0.39, 0.29) is 17.5 Å². The van der Waals surface area contributed by atoms with Crippen molar-refractivity contribution in [2.45, 2.75) is 33.0 Å². The summed E-state index contributed by atoms with van der Waals surface area (Å²) in [5.74, 6) is 0.546. The Morgan fingerprint density at radius 3 is 2.74 bits per heavy atom. The summed E-state index contributed by atoms with van der Waals surface area (Å²) in [6.45, 7) is 6.06. The summed E-state index contributed by atoms with van der Waals surface area (Å²) < 4.78 is 23.1. The van der Waals surface area contributed by atoms with Crippen LogP contribution in [0.15, 0.2) is 18.2 Å². The first-order valence-electron chi connectivity index (χ1n) is 6.64. The van der Waals surface area contributed by atoms with Gasteiger partial charge in [-0.3, -0.25) is 4.90 Å². The van der Waals surface area contributed by atoms with E-state index in [0.29, 0.717) is 13.1 Å². The Hall–Kier alpha value is -0.910. The first-order valence-corrected chi connectivity index (χ1v) is 8.46. The third kappa shape index (κ3) is 3.55. The molecule has 2 N–H and O–H groups in total. The lowest BCUT2D eigenvalue weighted by atomic mass is 10.0. The fraction of sp³-hybridized carbons (Fsp3) is 0.571. The van der Waals surface area contributed by atoms with E-state index in [9.17, 15) is 8.42 Å². The number of hydrogen-bond donors (Lipinski definition) is 1. The Kier molecular flexibility index (Phi) is 4.28. The van der Waals surface area contributed by atoms with E-state index in [4.69, 9.17) is 5.73 Å². The summed E-state index contributed by atoms with van der Waals surface area (Å²) in [4.78, 5) is 2.24. The third-order valence-electron chi connectivity index (χ3n) is 3.82. The molecule has 0 radical (unpaired) electrons. The smallest absolute Gasteiger partial charge is 0.153 e. The van der Waals surface area contributed by atoms with Crippen molar-refractivity contribution in [2.24, 2.45) is 5.73 Å². The van der Waals surface area contributed by atoms with Crippen LogP contribution in [-0.2, 0) is 22.9 Å². The molecule has 0 bridgehead atoms. The van der Waals surface area contributed by atoms with Crippen LogP contribution in [0.25, 0.3) is 0 Å². The van der Waals surface area contributed by atoms with E-state index in [1.54, 1.807) is 0 Å². The molecule has 1 atom stereocenters. The highest BCUT2D eigenvalue weighted by molar-refractivity contribution is 7.91. The summed E-state index contributed by atoms with van der Waals surface area (Å²) in [6.07, 6.45) is 0. The second-order valence-electron chi connectivity index (χ2n) is 5.40. The number of hydrogen-bond acceptors (Lipinski definition) is 4. The Balaban J connectivity index is 2.09. The summed E-state index contributed by atoms with van der Waals surface area (Å²) in [7, 11) is -2.84. The molecule has 4 nitrogen and oxygen atoms in total. The molecule has 0 spiro atoms. The second-order valence-corrected chi connectivity index (χ2v) is 7.63. The Labute approximate surface area is 115 Å². The van der Waals surface area contributed by atoms with E-state index in [0.717, 1.165) is 12.1 Å². The van der Waals surface area contributed by atoms with E-state index >= 15 is 0 Å². The summed E-state index contributed by atoms with van der Waals surface area (Å²) in [5.41, 5.74) is 9.24. The summed E-state index contributed by atoms with van der Waals surface area (Å²) >= 11 is 0. The Morgan fingerprint density at radius 1 is 1.42 bits per heavy atom. The average Bonchev–Trinajstić information content (AvgIpc) is 2.34. The van der Waals surface area contributed by atoms with Crippen LogP contribution in [0.1, 0.15) is 23.6 Å². The molecule has 1 aromatic carbocycles. The van der Waals surface area contributed by atoms with Gasteiger partial charge in [-0.15, -0.1) is 0 Å². The minimum Gasteiger partial charge on any atom is -0.326 e. The average molecular weight is 282 g/mol. The Bertz CT molecular complexity index is 555. The normalized spacial score (nSPS) is 23.4. The van der Waals surface area contributed by atoms with Gasteiger partial charge in [0.25, 0.3) is 0 Å². The first kappa shape index (κ1) is 14.5. The molecule has 106 valence electrons. The van der Waals surface area contributed by atoms with E-state index in [1.807, 2.05) is 13.0 Å². The number of sulfone groups is 1. The van der Waals surface area contributed by atoms with Gasteiger partial charge in [0.1, 0.15) is 0 Å². The zero-order valence-corrected chi connectivity index (χ0v) is 12.4. The van der Waals surface area contributed by atoms with Crippen LogP contribution in [0.3, 0.4) is 0 Å². The van der Waals surface area contributed by atoms with Crippen LogP contribution in [-0.4, -0.2) is 37.4 Å². The van der Waals surface area contributed by atoms with Crippen molar-refractivity contribution < 1.29 is 8.42 Å². The molecule has 5 heteroatoms. The monoisotopic (exact) mass is 282 g/mol. The minimum atomic E-state index is -2.84. The van der Waals surface area contributed by atoms with Crippen LogP contribution in [0, 0.1) is 6.92 Å². The van der Waals surface area contributed by atoms with Gasteiger partial charge in [0, 0.05) is 25.7 Å². The predicted octanol–water partition coefficient (Wildman–Crippen LogP) is 1.07. The molecule has 1 heterocycles. The van der Waals surface area contributed by atoms with E-state index < -0.39 is 9.84 Å². The third-order valence-corrected chi connectivity index (χ3v) is 5.62. The van der Waals surface area contributed by atoms with Crippen LogP contribution in [0.2, 0.25) is 0 Å². The van der Waals surface area contributed by atoms with Crippen molar-refractivity contribution >= 4 is 9.84 Å². The highest BCUT2D eigenvalue weighted by Gasteiger charge is 2.28. The van der Waals surface area contributed by atoms with Crippen molar-refractivity contribution in [3.63, 3.8) is 0 Å². The van der Waals surface area contributed by atoms with E-state index in [2.05, 4.69) is 24.0 Å². The first-order chi connectivity index (χ1) is 8.91. The van der Waals surface area contributed by atoms with Crippen molar-refractivity contribution in [2.75, 3.05) is 18.1 Å². The molecule has 0 saturated carbocycles. The molecule has 1 aliphatic rings. The number of rotatable bonds is 3. The molecule has 1 fully saturated rings. The van der Waals surface area contributed by atoms with Gasteiger partial charge < -0.3 is 5.73 Å². The fourth-order valence-corrected chi connectivity index (χ4v) is 4.17. The maximum absolute atomic E-state index is 11.6. The van der Waals surface area contributed by atoms with Gasteiger partial charge >= 0.3 is 0 Å². The molecule has 2 rings (SSSR count). The fourth-order valence-electron chi connectivity index (χ4n) is 2.55. The number of nitrogens with zero attached hydrogens (tertiary/aromatic N) is 1. The van der Waals surface area contributed by atoms with Gasteiger partial charge in [0.15, 0.2) is 9.84 Å². The maximum atomic E-state index is 11.6. The van der Waals surface area contributed by atoms with Crippen LogP contribution in [0.4, 0.5) is 0 Å². The lowest BCUT2D eigenvalue weighted by Crippen LogP contribution is -2.46. The van der Waals surface area contributed by atoms with Gasteiger partial charge in [0.05, 0.1) is 11.5 Å². The number of nitrogens with two attached hydrogens (primary N) is 1. The van der Waals surface area contributed by atoms with E-state index in [1.165, 1.54) is 11.1 Å². The predicted molar refractivity (Wildman–Crippen MR) is 77.6 cm³/mol. The van der Waals surface area contributed by atoms with Gasteiger partial charge in [-0.1, -0.05) is 18.2 Å². The van der Waals surface area contributed by atoms with Crippen LogP contribution >= 0.6 is 0 Å². The number of aryl methyl sites for hydroxylation is 1. The van der Waals surface area contributed by atoms with Crippen LogP contribution < -0.4 is 5.73 Å². The van der Waals surface area contributed by atoms with Crippen molar-refractivity contribution in [3.05, 3.63) is 34.9 Å². The molecule has 1 unspecified atom stereocenters. The van der Waals surface area contributed by atoms with Crippen molar-refractivity contribution in [1.29, 1.82) is 0 Å². The largest absolute Gasteiger partial charge is 0.326 e. The van der Waals surface area contributed by atoms with Crippen molar-refractivity contribution in [3.8, 4) is 0 Å². The topological polar surface area (TPSA) is 63.4 Å². The highest BCUT2D eigenvalue weighted by atomic mass is 32.2. The zero-order valence-electron chi connectivity index (χ0n) is 11.6. The van der Waals surface area contributed by atoms with Gasteiger partial charge in [-0.2, -0.15) is 0 Å². The second kappa shape index (κ2) is 5.61. The number of benzene rings is 1. The molecule has 0 aromatic heterocycles. The molecular formula is C14H22N2O2S. The minimum absolute atomic E-state index is 0.0901. The lowest BCUT2D eigenvalue weighted by Gasteiger charge is -2.33. The molecule has 1 aromatic rings. The highest BCUT2D eigenvalue weighted by Crippen LogP contribution is 2.18. The standard InChI is InChI=1S/C14H22N2O2S/c1-11-7-13(8-15)3-4-14(11)9-16-5-6-19(17,18)10-12(16)2/h3-4,7,12H,5-6,8-10,15H2,1-2H3. The molecular weight excluding hydrogens is 260 g/mol. The van der Waals surface area contributed by atoms with Gasteiger partial charge in [-0.05, 0) is 30.5 Å². The van der Waals surface area contributed by atoms with Crippen LogP contribution in [0.5, 0.6) is 0 Å². The van der Waals surface area contributed by atoms with Gasteiger partial charge in [-0.25, -0.2) is 8.42 Å². The SMILES string of the molecule is Cc1cc(CN)ccc1CN1CCS(=O)(=O)CC1C. The van der Waals surface area contributed by atoms with Gasteiger partial charge in [0.2, 0.25) is 0 Å². The summed E-state index contributed by atoms with van der Waals surface area (Å²) in [5, 5.41) is 0. The molecule has 1 saturated heterocycles. The summed E-state index contributed by atoms with van der Waals surface area (Å²) in [6, 6.07) is 6.36.